The van der Waals surface area contributed by atoms with E-state index in [9.17, 15) is 4.79 Å². The minimum atomic E-state index is -0.00602. The van der Waals surface area contributed by atoms with E-state index < -0.39 is 0 Å². The Morgan fingerprint density at radius 3 is 2.71 bits per heavy atom. The van der Waals surface area contributed by atoms with E-state index in [4.69, 9.17) is 0 Å². The molecule has 0 radical (unpaired) electrons. The summed E-state index contributed by atoms with van der Waals surface area (Å²) < 4.78 is 2.01. The molecule has 1 atom stereocenters. The zero-order valence-electron chi connectivity index (χ0n) is 12.1. The normalized spacial score (nSPS) is 16.8. The molecule has 1 N–H and O–H groups in total. The lowest BCUT2D eigenvalue weighted by atomic mass is 10.0. The Morgan fingerprint density at radius 2 is 2.05 bits per heavy atom. The Morgan fingerprint density at radius 1 is 1.29 bits per heavy atom. The van der Waals surface area contributed by atoms with E-state index in [0.29, 0.717) is 6.54 Å². The highest BCUT2D eigenvalue weighted by Gasteiger charge is 2.25. The van der Waals surface area contributed by atoms with Crippen LogP contribution in [0.4, 0.5) is 0 Å². The summed E-state index contributed by atoms with van der Waals surface area (Å²) in [5.41, 5.74) is 1.14. The van der Waals surface area contributed by atoms with Crippen LogP contribution in [0.5, 0.6) is 0 Å². The van der Waals surface area contributed by atoms with Crippen molar-refractivity contribution in [3.8, 4) is 0 Å². The molecular weight excluding hydrogens is 262 g/mol. The number of hydrogen-bond donors (Lipinski definition) is 1. The second-order valence-electron chi connectivity index (χ2n) is 5.71. The molecule has 0 bridgehead atoms. The van der Waals surface area contributed by atoms with E-state index in [2.05, 4.69) is 22.4 Å². The predicted molar refractivity (Wildman–Crippen MR) is 81.5 cm³/mol. The molecule has 1 saturated carbocycles. The maximum absolute atomic E-state index is 12.4. The van der Waals surface area contributed by atoms with Gasteiger partial charge in [-0.05, 0) is 18.4 Å². The van der Waals surface area contributed by atoms with Crippen molar-refractivity contribution in [3.63, 3.8) is 0 Å². The molecule has 1 amide bonds. The van der Waals surface area contributed by atoms with Crippen molar-refractivity contribution in [2.75, 3.05) is 0 Å². The van der Waals surface area contributed by atoms with Gasteiger partial charge in [0.1, 0.15) is 0 Å². The van der Waals surface area contributed by atoms with Gasteiger partial charge in [-0.3, -0.25) is 4.79 Å². The number of nitrogens with one attached hydrogen (secondary N) is 1. The number of carbonyl (C=O) groups is 1. The molecule has 1 aromatic carbocycles. The van der Waals surface area contributed by atoms with Gasteiger partial charge in [0.25, 0.3) is 0 Å². The summed E-state index contributed by atoms with van der Waals surface area (Å²) in [5, 5.41) is 3.23. The number of carbonyl (C=O) groups excluding carboxylic acids is 1. The van der Waals surface area contributed by atoms with Crippen molar-refractivity contribution < 1.29 is 4.79 Å². The van der Waals surface area contributed by atoms with E-state index in [1.165, 1.54) is 12.8 Å². The largest absolute Gasteiger partial charge is 0.347 e. The molecular formula is C17H21N3O. The van der Waals surface area contributed by atoms with Gasteiger partial charge in [0.05, 0.1) is 12.4 Å². The van der Waals surface area contributed by atoms with Crippen molar-refractivity contribution in [2.45, 2.75) is 38.3 Å². The van der Waals surface area contributed by atoms with Crippen LogP contribution in [0.2, 0.25) is 0 Å². The third-order valence-electron chi connectivity index (χ3n) is 4.20. The monoisotopic (exact) mass is 283 g/mol. The van der Waals surface area contributed by atoms with Gasteiger partial charge < -0.3 is 9.88 Å². The Balaban J connectivity index is 1.73. The number of aromatic nitrogens is 2. The van der Waals surface area contributed by atoms with Crippen LogP contribution in [0.25, 0.3) is 0 Å². The van der Waals surface area contributed by atoms with Gasteiger partial charge in [0.2, 0.25) is 5.91 Å². The first kappa shape index (κ1) is 13.9. The fourth-order valence-corrected chi connectivity index (χ4v) is 3.00. The Hall–Kier alpha value is -2.10. The maximum Gasteiger partial charge on any atom is 0.223 e. The third kappa shape index (κ3) is 3.51. The molecule has 110 valence electrons. The molecule has 1 aliphatic carbocycles. The van der Waals surface area contributed by atoms with E-state index in [1.54, 1.807) is 12.5 Å². The third-order valence-corrected chi connectivity index (χ3v) is 4.20. The zero-order chi connectivity index (χ0) is 14.5. The summed E-state index contributed by atoms with van der Waals surface area (Å²) in [6.45, 7) is 0.711. The summed E-state index contributed by atoms with van der Waals surface area (Å²) >= 11 is 0. The van der Waals surface area contributed by atoms with Crippen LogP contribution in [0.1, 0.15) is 37.3 Å². The zero-order valence-corrected chi connectivity index (χ0v) is 12.1. The van der Waals surface area contributed by atoms with Crippen LogP contribution < -0.4 is 5.32 Å². The van der Waals surface area contributed by atoms with Crippen molar-refractivity contribution in [1.29, 1.82) is 0 Å². The molecule has 4 heteroatoms. The van der Waals surface area contributed by atoms with Crippen molar-refractivity contribution in [2.24, 2.45) is 5.92 Å². The SMILES string of the molecule is O=C(N[C@H](Cn1ccnc1)c1ccccc1)C1CCCC1. The molecule has 21 heavy (non-hydrogen) atoms. The summed E-state index contributed by atoms with van der Waals surface area (Å²) in [6, 6.07) is 10.1. The minimum Gasteiger partial charge on any atom is -0.347 e. The smallest absolute Gasteiger partial charge is 0.223 e. The fraction of sp³-hybridized carbons (Fsp3) is 0.412. The average molecular weight is 283 g/mol. The van der Waals surface area contributed by atoms with E-state index in [1.807, 2.05) is 29.0 Å². The number of imidazole rings is 1. The van der Waals surface area contributed by atoms with E-state index >= 15 is 0 Å². The first-order chi connectivity index (χ1) is 10.3. The first-order valence-electron chi connectivity index (χ1n) is 7.64. The number of hydrogen-bond acceptors (Lipinski definition) is 2. The number of benzene rings is 1. The van der Waals surface area contributed by atoms with Crippen molar-refractivity contribution >= 4 is 5.91 Å². The Kier molecular flexibility index (Phi) is 4.34. The molecule has 3 rings (SSSR count). The summed E-state index contributed by atoms with van der Waals surface area (Å²) in [4.78, 5) is 16.5. The molecule has 0 spiro atoms. The van der Waals surface area contributed by atoms with Gasteiger partial charge in [0.15, 0.2) is 0 Å². The summed E-state index contributed by atoms with van der Waals surface area (Å²) in [5.74, 6) is 0.389. The lowest BCUT2D eigenvalue weighted by Crippen LogP contribution is -2.35. The van der Waals surface area contributed by atoms with Crippen LogP contribution >= 0.6 is 0 Å². The molecule has 1 heterocycles. The molecule has 4 nitrogen and oxygen atoms in total. The summed E-state index contributed by atoms with van der Waals surface area (Å²) in [7, 11) is 0. The maximum atomic E-state index is 12.4. The van der Waals surface area contributed by atoms with Gasteiger partial charge in [-0.2, -0.15) is 0 Å². The first-order valence-corrected chi connectivity index (χ1v) is 7.64. The summed E-state index contributed by atoms with van der Waals surface area (Å²) in [6.07, 6.45) is 9.89. The van der Waals surface area contributed by atoms with Crippen molar-refractivity contribution in [1.82, 2.24) is 14.9 Å². The van der Waals surface area contributed by atoms with Crippen LogP contribution in [-0.4, -0.2) is 15.5 Å². The molecule has 0 unspecified atom stereocenters. The van der Waals surface area contributed by atoms with Crippen LogP contribution in [0.3, 0.4) is 0 Å². The Bertz CT molecular complexity index is 559. The second-order valence-corrected chi connectivity index (χ2v) is 5.71. The fourth-order valence-electron chi connectivity index (χ4n) is 3.00. The number of rotatable bonds is 5. The molecule has 0 aliphatic heterocycles. The van der Waals surface area contributed by atoms with Gasteiger partial charge in [0, 0.05) is 24.9 Å². The van der Waals surface area contributed by atoms with Gasteiger partial charge in [-0.15, -0.1) is 0 Å². The van der Waals surface area contributed by atoms with E-state index in [0.717, 1.165) is 18.4 Å². The minimum absolute atomic E-state index is 0.00602. The van der Waals surface area contributed by atoms with Gasteiger partial charge in [-0.1, -0.05) is 43.2 Å². The number of amides is 1. The second kappa shape index (κ2) is 6.57. The molecule has 2 aromatic rings. The van der Waals surface area contributed by atoms with E-state index in [-0.39, 0.29) is 17.9 Å². The highest BCUT2D eigenvalue weighted by molar-refractivity contribution is 5.79. The molecule has 1 fully saturated rings. The van der Waals surface area contributed by atoms with Gasteiger partial charge in [-0.25, -0.2) is 4.98 Å². The lowest BCUT2D eigenvalue weighted by Gasteiger charge is -2.21. The van der Waals surface area contributed by atoms with Crippen molar-refractivity contribution in [3.05, 3.63) is 54.6 Å². The van der Waals surface area contributed by atoms with Crippen LogP contribution in [0.15, 0.2) is 49.1 Å². The average Bonchev–Trinajstić information content (AvgIpc) is 3.21. The van der Waals surface area contributed by atoms with Gasteiger partial charge >= 0.3 is 0 Å². The van der Waals surface area contributed by atoms with Crippen LogP contribution in [0, 0.1) is 5.92 Å². The molecule has 0 saturated heterocycles. The topological polar surface area (TPSA) is 46.9 Å². The predicted octanol–water partition coefficient (Wildman–Crippen LogP) is 2.93. The number of nitrogens with zero attached hydrogens (tertiary/aromatic N) is 2. The highest BCUT2D eigenvalue weighted by atomic mass is 16.1. The Labute approximate surface area is 125 Å². The molecule has 1 aromatic heterocycles. The highest BCUT2D eigenvalue weighted by Crippen LogP contribution is 2.26. The molecule has 1 aliphatic rings. The quantitative estimate of drug-likeness (QED) is 0.917. The lowest BCUT2D eigenvalue weighted by molar-refractivity contribution is -0.125. The standard InChI is InChI=1S/C17H21N3O/c21-17(15-8-4-5-9-15)19-16(12-20-11-10-18-13-20)14-6-2-1-3-7-14/h1-3,6-7,10-11,13,15-16H,4-5,8-9,12H2,(H,19,21)/t16-/m1/s1. The van der Waals surface area contributed by atoms with Crippen LogP contribution in [-0.2, 0) is 11.3 Å².